The molecule has 1 saturated heterocycles. The second-order valence-electron chi connectivity index (χ2n) is 5.04. The van der Waals surface area contributed by atoms with Crippen LogP contribution in [0.5, 0.6) is 0 Å². The SMILES string of the molecule is CC(C)NS(=O)(=O)N1CCCC(c2n[nH]c(=O)[nH]2)C1. The van der Waals surface area contributed by atoms with Crippen molar-refractivity contribution in [2.45, 2.75) is 38.6 Å². The fourth-order valence-electron chi connectivity index (χ4n) is 2.23. The number of nitrogens with one attached hydrogen (secondary N) is 3. The Kier molecular flexibility index (Phi) is 4.07. The molecular weight excluding hydrogens is 270 g/mol. The maximum Gasteiger partial charge on any atom is 0.340 e. The van der Waals surface area contributed by atoms with Gasteiger partial charge in [-0.2, -0.15) is 22.5 Å². The number of piperidine rings is 1. The third-order valence-electron chi connectivity index (χ3n) is 3.01. The molecule has 0 bridgehead atoms. The van der Waals surface area contributed by atoms with Gasteiger partial charge in [0.05, 0.1) is 0 Å². The number of hydrogen-bond acceptors (Lipinski definition) is 4. The predicted molar refractivity (Wildman–Crippen MR) is 69.9 cm³/mol. The number of aromatic nitrogens is 3. The van der Waals surface area contributed by atoms with Crippen molar-refractivity contribution in [3.05, 3.63) is 16.3 Å². The van der Waals surface area contributed by atoms with Gasteiger partial charge in [0.25, 0.3) is 10.2 Å². The van der Waals surface area contributed by atoms with Crippen molar-refractivity contribution in [1.82, 2.24) is 24.2 Å². The number of nitrogens with zero attached hydrogens (tertiary/aromatic N) is 2. The van der Waals surface area contributed by atoms with Crippen molar-refractivity contribution in [2.75, 3.05) is 13.1 Å². The van der Waals surface area contributed by atoms with Crippen LogP contribution in [0.1, 0.15) is 38.4 Å². The van der Waals surface area contributed by atoms with E-state index in [4.69, 9.17) is 0 Å². The Morgan fingerprint density at radius 1 is 1.47 bits per heavy atom. The fraction of sp³-hybridized carbons (Fsp3) is 0.800. The van der Waals surface area contributed by atoms with Crippen LogP contribution in [0, 0.1) is 0 Å². The first kappa shape index (κ1) is 14.2. The van der Waals surface area contributed by atoms with E-state index in [0.717, 1.165) is 12.8 Å². The van der Waals surface area contributed by atoms with E-state index in [2.05, 4.69) is 19.9 Å². The highest BCUT2D eigenvalue weighted by Crippen LogP contribution is 2.24. The van der Waals surface area contributed by atoms with Crippen molar-refractivity contribution >= 4 is 10.2 Å². The Hall–Kier alpha value is -1.19. The number of H-pyrrole nitrogens is 2. The standard InChI is InChI=1S/C10H19N5O3S/c1-7(2)14-19(17,18)15-5-3-4-8(6-15)9-11-10(16)13-12-9/h7-8,14H,3-6H2,1-2H3,(H2,11,12,13,16). The molecule has 0 aromatic carbocycles. The van der Waals surface area contributed by atoms with Crippen LogP contribution in [0.15, 0.2) is 4.79 Å². The van der Waals surface area contributed by atoms with Gasteiger partial charge in [-0.15, -0.1) is 0 Å². The second-order valence-corrected chi connectivity index (χ2v) is 6.74. The van der Waals surface area contributed by atoms with Gasteiger partial charge < -0.3 is 0 Å². The first-order chi connectivity index (χ1) is 8.88. The van der Waals surface area contributed by atoms with Gasteiger partial charge in [0.2, 0.25) is 0 Å². The minimum Gasteiger partial charge on any atom is -0.293 e. The zero-order valence-electron chi connectivity index (χ0n) is 11.0. The molecular formula is C10H19N5O3S. The predicted octanol–water partition coefficient (Wildman–Crippen LogP) is -0.480. The molecule has 0 spiro atoms. The molecule has 1 aliphatic heterocycles. The van der Waals surface area contributed by atoms with Crippen LogP contribution in [0.2, 0.25) is 0 Å². The highest BCUT2D eigenvalue weighted by molar-refractivity contribution is 7.87. The summed E-state index contributed by atoms with van der Waals surface area (Å²) in [6, 6.07) is -0.143. The van der Waals surface area contributed by atoms with Gasteiger partial charge in [0, 0.05) is 25.0 Å². The molecule has 3 N–H and O–H groups in total. The molecule has 9 heteroatoms. The minimum atomic E-state index is -3.46. The summed E-state index contributed by atoms with van der Waals surface area (Å²) in [6.45, 7) is 4.39. The van der Waals surface area contributed by atoms with E-state index in [0.29, 0.717) is 18.9 Å². The Balaban J connectivity index is 2.11. The molecule has 108 valence electrons. The molecule has 0 aliphatic carbocycles. The van der Waals surface area contributed by atoms with Crippen LogP contribution in [0.4, 0.5) is 0 Å². The lowest BCUT2D eigenvalue weighted by atomic mass is 9.99. The largest absolute Gasteiger partial charge is 0.340 e. The molecule has 2 rings (SSSR count). The second kappa shape index (κ2) is 5.43. The van der Waals surface area contributed by atoms with E-state index in [9.17, 15) is 13.2 Å². The van der Waals surface area contributed by atoms with Crippen LogP contribution in [-0.2, 0) is 10.2 Å². The smallest absolute Gasteiger partial charge is 0.293 e. The Labute approximate surface area is 111 Å². The maximum absolute atomic E-state index is 12.1. The summed E-state index contributed by atoms with van der Waals surface area (Å²) in [4.78, 5) is 13.6. The lowest BCUT2D eigenvalue weighted by Crippen LogP contribution is -2.47. The topological polar surface area (TPSA) is 111 Å². The Morgan fingerprint density at radius 2 is 2.21 bits per heavy atom. The number of rotatable bonds is 4. The van der Waals surface area contributed by atoms with Gasteiger partial charge >= 0.3 is 5.69 Å². The van der Waals surface area contributed by atoms with E-state index in [1.165, 1.54) is 4.31 Å². The van der Waals surface area contributed by atoms with Gasteiger partial charge in [0.1, 0.15) is 5.82 Å². The number of aromatic amines is 2. The lowest BCUT2D eigenvalue weighted by Gasteiger charge is -2.31. The minimum absolute atomic E-state index is 0.0727. The van der Waals surface area contributed by atoms with Crippen LogP contribution in [0.3, 0.4) is 0 Å². The molecule has 19 heavy (non-hydrogen) atoms. The summed E-state index contributed by atoms with van der Waals surface area (Å²) in [5, 5.41) is 6.19. The van der Waals surface area contributed by atoms with E-state index < -0.39 is 10.2 Å². The van der Waals surface area contributed by atoms with E-state index in [1.807, 2.05) is 0 Å². The van der Waals surface area contributed by atoms with Gasteiger partial charge in [-0.25, -0.2) is 9.89 Å². The fourth-order valence-corrected chi connectivity index (χ4v) is 3.72. The van der Waals surface area contributed by atoms with Crippen molar-refractivity contribution in [3.63, 3.8) is 0 Å². The van der Waals surface area contributed by atoms with Crippen LogP contribution < -0.4 is 10.4 Å². The maximum atomic E-state index is 12.1. The van der Waals surface area contributed by atoms with Crippen molar-refractivity contribution in [1.29, 1.82) is 0 Å². The van der Waals surface area contributed by atoms with Crippen molar-refractivity contribution < 1.29 is 8.42 Å². The van der Waals surface area contributed by atoms with Gasteiger partial charge in [-0.05, 0) is 26.7 Å². The van der Waals surface area contributed by atoms with Crippen molar-refractivity contribution in [2.24, 2.45) is 0 Å². The van der Waals surface area contributed by atoms with E-state index in [-0.39, 0.29) is 17.6 Å². The third kappa shape index (κ3) is 3.43. The monoisotopic (exact) mass is 289 g/mol. The van der Waals surface area contributed by atoms with E-state index >= 15 is 0 Å². The summed E-state index contributed by atoms with van der Waals surface area (Å²) in [5.74, 6) is 0.450. The highest BCUT2D eigenvalue weighted by atomic mass is 32.2. The quantitative estimate of drug-likeness (QED) is 0.695. The van der Waals surface area contributed by atoms with E-state index in [1.54, 1.807) is 13.8 Å². The molecule has 0 amide bonds. The molecule has 1 aromatic rings. The van der Waals surface area contributed by atoms with Gasteiger partial charge in [0.15, 0.2) is 0 Å². The van der Waals surface area contributed by atoms with Crippen molar-refractivity contribution in [3.8, 4) is 0 Å². The van der Waals surface area contributed by atoms with Crippen LogP contribution >= 0.6 is 0 Å². The summed E-state index contributed by atoms with van der Waals surface area (Å²) in [6.07, 6.45) is 1.56. The summed E-state index contributed by atoms with van der Waals surface area (Å²) in [7, 11) is -3.46. The third-order valence-corrected chi connectivity index (χ3v) is 4.80. The average Bonchev–Trinajstić information content (AvgIpc) is 2.74. The summed E-state index contributed by atoms with van der Waals surface area (Å²) >= 11 is 0. The first-order valence-corrected chi connectivity index (χ1v) is 7.74. The lowest BCUT2D eigenvalue weighted by molar-refractivity contribution is 0.304. The average molecular weight is 289 g/mol. The zero-order valence-corrected chi connectivity index (χ0v) is 11.8. The molecule has 0 radical (unpaired) electrons. The molecule has 1 atom stereocenters. The molecule has 1 aromatic heterocycles. The highest BCUT2D eigenvalue weighted by Gasteiger charge is 2.31. The molecule has 2 heterocycles. The Bertz CT molecular complexity index is 576. The molecule has 1 unspecified atom stereocenters. The molecule has 1 fully saturated rings. The molecule has 0 saturated carbocycles. The molecule has 1 aliphatic rings. The van der Waals surface area contributed by atoms with Gasteiger partial charge in [-0.1, -0.05) is 0 Å². The summed E-state index contributed by atoms with van der Waals surface area (Å²) in [5.41, 5.74) is -0.365. The zero-order chi connectivity index (χ0) is 14.0. The normalized spacial score (nSPS) is 21.9. The van der Waals surface area contributed by atoms with Crippen LogP contribution in [0.25, 0.3) is 0 Å². The summed E-state index contributed by atoms with van der Waals surface area (Å²) < 4.78 is 28.2. The molecule has 8 nitrogen and oxygen atoms in total. The first-order valence-electron chi connectivity index (χ1n) is 6.30. The number of hydrogen-bond donors (Lipinski definition) is 3. The van der Waals surface area contributed by atoms with Crippen LogP contribution in [-0.4, -0.2) is 47.0 Å². The van der Waals surface area contributed by atoms with Gasteiger partial charge in [-0.3, -0.25) is 4.98 Å². The Morgan fingerprint density at radius 3 is 2.79 bits per heavy atom.